The molecular formula is C11H12N4O4S. The van der Waals surface area contributed by atoms with Crippen LogP contribution in [0.2, 0.25) is 0 Å². The number of nitrogens with zero attached hydrogens (tertiary/aromatic N) is 3. The summed E-state index contributed by atoms with van der Waals surface area (Å²) >= 11 is 0. The van der Waals surface area contributed by atoms with Gasteiger partial charge in [0.1, 0.15) is 10.6 Å². The van der Waals surface area contributed by atoms with Crippen molar-refractivity contribution < 1.29 is 18.3 Å². The molecule has 0 saturated heterocycles. The number of rotatable bonds is 5. The Morgan fingerprint density at radius 2 is 2.05 bits per heavy atom. The minimum atomic E-state index is -3.92. The molecule has 0 aliphatic rings. The molecule has 2 aromatic rings. The van der Waals surface area contributed by atoms with E-state index in [2.05, 4.69) is 14.7 Å². The van der Waals surface area contributed by atoms with Crippen LogP contribution in [0.25, 0.3) is 0 Å². The van der Waals surface area contributed by atoms with Crippen LogP contribution in [0.4, 0.5) is 5.95 Å². The highest BCUT2D eigenvalue weighted by Gasteiger charge is 2.21. The lowest BCUT2D eigenvalue weighted by molar-refractivity contribution is 0.0685. The fraction of sp³-hybridized carbons (Fsp3) is 0.182. The van der Waals surface area contributed by atoms with Crippen molar-refractivity contribution in [2.75, 3.05) is 4.72 Å². The number of aromatic carboxylic acids is 1. The summed E-state index contributed by atoms with van der Waals surface area (Å²) in [6, 6.07) is 2.64. The number of carbonyl (C=O) groups is 1. The molecule has 0 aromatic carbocycles. The lowest BCUT2D eigenvalue weighted by Gasteiger charge is -2.03. The molecule has 2 aromatic heterocycles. The molecule has 0 radical (unpaired) electrons. The Bertz CT molecular complexity index is 724. The number of carboxylic acid groups (broad SMARTS) is 1. The Morgan fingerprint density at radius 1 is 1.40 bits per heavy atom. The highest BCUT2D eigenvalue weighted by atomic mass is 32.2. The summed E-state index contributed by atoms with van der Waals surface area (Å²) in [6.07, 6.45) is 4.05. The number of nitrogens with one attached hydrogen (secondary N) is 1. The molecule has 2 heterocycles. The van der Waals surface area contributed by atoms with Gasteiger partial charge in [0.15, 0.2) is 0 Å². The summed E-state index contributed by atoms with van der Waals surface area (Å²) < 4.78 is 27.7. The third-order valence-corrected chi connectivity index (χ3v) is 3.83. The number of hydrogen-bond donors (Lipinski definition) is 2. The molecule has 0 amide bonds. The number of hydrogen-bond acceptors (Lipinski definition) is 5. The second kappa shape index (κ2) is 5.29. The Balaban J connectivity index is 2.37. The highest BCUT2D eigenvalue weighted by molar-refractivity contribution is 7.92. The molecule has 0 atom stereocenters. The summed E-state index contributed by atoms with van der Waals surface area (Å²) in [5.41, 5.74) is -0.0955. The van der Waals surface area contributed by atoms with E-state index >= 15 is 0 Å². The van der Waals surface area contributed by atoms with Gasteiger partial charge >= 0.3 is 5.97 Å². The van der Waals surface area contributed by atoms with Crippen molar-refractivity contribution in [2.45, 2.75) is 18.4 Å². The van der Waals surface area contributed by atoms with Crippen molar-refractivity contribution >= 4 is 21.9 Å². The maximum absolute atomic E-state index is 12.1. The average molecular weight is 296 g/mol. The molecule has 2 N–H and O–H groups in total. The first-order valence-corrected chi connectivity index (χ1v) is 7.15. The van der Waals surface area contributed by atoms with E-state index in [4.69, 9.17) is 5.11 Å². The minimum Gasteiger partial charge on any atom is -0.477 e. The summed E-state index contributed by atoms with van der Waals surface area (Å²) in [4.78, 5) is 18.4. The molecule has 0 aliphatic heterocycles. The van der Waals surface area contributed by atoms with Gasteiger partial charge in [0.25, 0.3) is 10.0 Å². The van der Waals surface area contributed by atoms with E-state index in [9.17, 15) is 13.2 Å². The number of carboxylic acids is 1. The van der Waals surface area contributed by atoms with Crippen molar-refractivity contribution in [2.24, 2.45) is 0 Å². The standard InChI is InChI=1S/C11H12N4O4S/c1-2-15-7-8(6-9(15)10(16)17)20(18,19)14-11-12-4-3-5-13-11/h3-7H,2H2,1H3,(H,16,17)(H,12,13,14). The van der Waals surface area contributed by atoms with Crippen LogP contribution in [0.3, 0.4) is 0 Å². The van der Waals surface area contributed by atoms with Crippen molar-refractivity contribution in [1.82, 2.24) is 14.5 Å². The molecule has 0 aliphatic carbocycles. The monoisotopic (exact) mass is 296 g/mol. The van der Waals surface area contributed by atoms with Crippen LogP contribution in [0.1, 0.15) is 17.4 Å². The number of aromatic nitrogens is 3. The van der Waals surface area contributed by atoms with Crippen molar-refractivity contribution in [3.05, 3.63) is 36.4 Å². The second-order valence-corrected chi connectivity index (χ2v) is 5.51. The van der Waals surface area contributed by atoms with Gasteiger partial charge in [0.05, 0.1) is 0 Å². The molecule has 0 bridgehead atoms. The van der Waals surface area contributed by atoms with E-state index in [0.29, 0.717) is 6.54 Å². The summed E-state index contributed by atoms with van der Waals surface area (Å²) in [7, 11) is -3.92. The van der Waals surface area contributed by atoms with Gasteiger partial charge in [0, 0.05) is 25.1 Å². The summed E-state index contributed by atoms with van der Waals surface area (Å²) in [5.74, 6) is -1.27. The Morgan fingerprint density at radius 3 is 2.55 bits per heavy atom. The molecule has 106 valence electrons. The third-order valence-electron chi connectivity index (χ3n) is 2.53. The Hall–Kier alpha value is -2.42. The number of anilines is 1. The van der Waals surface area contributed by atoms with Crippen LogP contribution in [0.5, 0.6) is 0 Å². The molecule has 0 unspecified atom stereocenters. The predicted molar refractivity (Wildman–Crippen MR) is 69.9 cm³/mol. The lowest BCUT2D eigenvalue weighted by atomic mass is 10.4. The molecular weight excluding hydrogens is 284 g/mol. The zero-order chi connectivity index (χ0) is 14.8. The molecule has 0 saturated carbocycles. The average Bonchev–Trinajstić information content (AvgIpc) is 2.84. The zero-order valence-electron chi connectivity index (χ0n) is 10.5. The van der Waals surface area contributed by atoms with Gasteiger partial charge in [-0.15, -0.1) is 0 Å². The Kier molecular flexibility index (Phi) is 3.70. The molecule has 2 rings (SSSR count). The highest BCUT2D eigenvalue weighted by Crippen LogP contribution is 2.17. The lowest BCUT2D eigenvalue weighted by Crippen LogP contribution is -2.14. The van der Waals surface area contributed by atoms with E-state index < -0.39 is 16.0 Å². The smallest absolute Gasteiger partial charge is 0.352 e. The quantitative estimate of drug-likeness (QED) is 0.843. The second-order valence-electron chi connectivity index (χ2n) is 3.83. The van der Waals surface area contributed by atoms with Crippen LogP contribution < -0.4 is 4.72 Å². The van der Waals surface area contributed by atoms with E-state index in [1.165, 1.54) is 23.2 Å². The fourth-order valence-corrected chi connectivity index (χ4v) is 2.60. The zero-order valence-corrected chi connectivity index (χ0v) is 11.3. The van der Waals surface area contributed by atoms with Crippen LogP contribution >= 0.6 is 0 Å². The van der Waals surface area contributed by atoms with Gasteiger partial charge in [0.2, 0.25) is 5.95 Å². The SMILES string of the molecule is CCn1cc(S(=O)(=O)Nc2ncccn2)cc1C(=O)O. The van der Waals surface area contributed by atoms with Gasteiger partial charge in [-0.2, -0.15) is 0 Å². The fourth-order valence-electron chi connectivity index (χ4n) is 1.60. The molecule has 0 spiro atoms. The number of sulfonamides is 1. The van der Waals surface area contributed by atoms with E-state index in [0.717, 1.165) is 6.07 Å². The molecule has 20 heavy (non-hydrogen) atoms. The number of aryl methyl sites for hydroxylation is 1. The first-order chi connectivity index (χ1) is 9.44. The normalized spacial score (nSPS) is 11.2. The van der Waals surface area contributed by atoms with Gasteiger partial charge < -0.3 is 9.67 Å². The largest absolute Gasteiger partial charge is 0.477 e. The van der Waals surface area contributed by atoms with Crippen LogP contribution in [-0.2, 0) is 16.6 Å². The van der Waals surface area contributed by atoms with Crippen molar-refractivity contribution in [3.8, 4) is 0 Å². The predicted octanol–water partition coefficient (Wildman–Crippen LogP) is 0.797. The van der Waals surface area contributed by atoms with E-state index in [1.807, 2.05) is 0 Å². The minimum absolute atomic E-state index is 0.0753. The Labute approximate surface area is 115 Å². The third kappa shape index (κ3) is 2.77. The molecule has 0 fully saturated rings. The van der Waals surface area contributed by atoms with Crippen molar-refractivity contribution in [3.63, 3.8) is 0 Å². The molecule has 8 nitrogen and oxygen atoms in total. The first kappa shape index (κ1) is 14.0. The van der Waals surface area contributed by atoms with Crippen LogP contribution in [-0.4, -0.2) is 34.0 Å². The van der Waals surface area contributed by atoms with Gasteiger partial charge in [-0.3, -0.25) is 0 Å². The van der Waals surface area contributed by atoms with Crippen LogP contribution in [0, 0.1) is 0 Å². The van der Waals surface area contributed by atoms with Gasteiger partial charge in [-0.05, 0) is 19.1 Å². The van der Waals surface area contributed by atoms with Gasteiger partial charge in [-0.25, -0.2) is 27.9 Å². The summed E-state index contributed by atoms with van der Waals surface area (Å²) in [6.45, 7) is 2.07. The van der Waals surface area contributed by atoms with Gasteiger partial charge in [-0.1, -0.05) is 0 Å². The van der Waals surface area contributed by atoms with E-state index in [-0.39, 0.29) is 16.5 Å². The maximum atomic E-state index is 12.1. The maximum Gasteiger partial charge on any atom is 0.352 e. The van der Waals surface area contributed by atoms with Crippen LogP contribution in [0.15, 0.2) is 35.6 Å². The summed E-state index contributed by atoms with van der Waals surface area (Å²) in [5, 5.41) is 9.00. The first-order valence-electron chi connectivity index (χ1n) is 5.67. The molecule has 9 heteroatoms. The van der Waals surface area contributed by atoms with Crippen molar-refractivity contribution in [1.29, 1.82) is 0 Å². The topological polar surface area (TPSA) is 114 Å². The van der Waals surface area contributed by atoms with E-state index in [1.54, 1.807) is 13.0 Å².